The van der Waals surface area contributed by atoms with Crippen molar-refractivity contribution in [2.75, 3.05) is 12.8 Å². The molecule has 1 aromatic heterocycles. The number of amides is 2. The molecule has 5 N–H and O–H groups in total. The first-order valence-electron chi connectivity index (χ1n) is 6.37. The van der Waals surface area contributed by atoms with Crippen LogP contribution in [0.15, 0.2) is 18.2 Å². The number of anilines is 1. The van der Waals surface area contributed by atoms with E-state index in [2.05, 4.69) is 5.32 Å². The summed E-state index contributed by atoms with van der Waals surface area (Å²) in [4.78, 5) is 23.5. The first-order chi connectivity index (χ1) is 9.92. The van der Waals surface area contributed by atoms with Crippen molar-refractivity contribution in [3.05, 3.63) is 23.1 Å². The number of methoxy groups -OCH3 is 1. The fourth-order valence-electron chi connectivity index (χ4n) is 2.03. The van der Waals surface area contributed by atoms with Crippen molar-refractivity contribution in [3.63, 3.8) is 0 Å². The molecule has 0 saturated carbocycles. The van der Waals surface area contributed by atoms with Gasteiger partial charge in [-0.15, -0.1) is 11.3 Å². The van der Waals surface area contributed by atoms with Gasteiger partial charge in [0.15, 0.2) is 0 Å². The summed E-state index contributed by atoms with van der Waals surface area (Å²) < 4.78 is 6.03. The number of carbonyl (C=O) groups excluding carboxylic acids is 2. The van der Waals surface area contributed by atoms with E-state index >= 15 is 0 Å². The van der Waals surface area contributed by atoms with Gasteiger partial charge in [-0.3, -0.25) is 9.59 Å². The number of nitrogens with two attached hydrogens (primary N) is 2. The summed E-state index contributed by atoms with van der Waals surface area (Å²) in [6.07, 6.45) is 0.0877. The second-order valence-corrected chi connectivity index (χ2v) is 5.80. The van der Waals surface area contributed by atoms with Crippen LogP contribution in [0.5, 0.6) is 5.75 Å². The number of hydrogen-bond donors (Lipinski definition) is 3. The minimum Gasteiger partial charge on any atom is -0.497 e. The summed E-state index contributed by atoms with van der Waals surface area (Å²) in [6, 6.07) is 5.11. The third-order valence-corrected chi connectivity index (χ3v) is 4.19. The van der Waals surface area contributed by atoms with E-state index in [1.807, 2.05) is 12.1 Å². The lowest BCUT2D eigenvalue weighted by Gasteiger charge is -2.11. The Bertz CT molecular complexity index is 696. The molecule has 0 aliphatic rings. The molecule has 1 atom stereocenters. The van der Waals surface area contributed by atoms with Crippen LogP contribution in [0.1, 0.15) is 23.0 Å². The zero-order valence-corrected chi connectivity index (χ0v) is 12.6. The molecule has 1 aromatic carbocycles. The van der Waals surface area contributed by atoms with Crippen LogP contribution in [0.25, 0.3) is 10.1 Å². The third-order valence-electron chi connectivity index (χ3n) is 3.03. The Hall–Kier alpha value is -2.28. The lowest BCUT2D eigenvalue weighted by molar-refractivity contribution is -0.118. The van der Waals surface area contributed by atoms with E-state index in [4.69, 9.17) is 16.2 Å². The Morgan fingerprint density at radius 3 is 2.76 bits per heavy atom. The summed E-state index contributed by atoms with van der Waals surface area (Å²) >= 11 is 1.29. The predicted molar refractivity (Wildman–Crippen MR) is 83.5 cm³/mol. The lowest BCUT2D eigenvalue weighted by Crippen LogP contribution is -2.35. The van der Waals surface area contributed by atoms with Crippen LogP contribution in [-0.2, 0) is 4.79 Å². The van der Waals surface area contributed by atoms with E-state index in [9.17, 15) is 9.59 Å². The fourth-order valence-corrected chi connectivity index (χ4v) is 3.09. The Morgan fingerprint density at radius 2 is 2.14 bits per heavy atom. The first kappa shape index (κ1) is 15.1. The van der Waals surface area contributed by atoms with Crippen LogP contribution in [0.2, 0.25) is 0 Å². The number of thiophene rings is 1. The monoisotopic (exact) mass is 307 g/mol. The Balaban J connectivity index is 2.27. The summed E-state index contributed by atoms with van der Waals surface area (Å²) in [5.41, 5.74) is 11.6. The highest BCUT2D eigenvalue weighted by Gasteiger charge is 2.19. The molecule has 6 nitrogen and oxygen atoms in total. The second-order valence-electron chi connectivity index (χ2n) is 4.75. The highest BCUT2D eigenvalue weighted by Crippen LogP contribution is 2.35. The van der Waals surface area contributed by atoms with Gasteiger partial charge in [0.1, 0.15) is 10.6 Å². The van der Waals surface area contributed by atoms with Crippen molar-refractivity contribution < 1.29 is 14.3 Å². The van der Waals surface area contributed by atoms with Crippen LogP contribution in [0.4, 0.5) is 5.69 Å². The minimum absolute atomic E-state index is 0.0877. The van der Waals surface area contributed by atoms with Crippen molar-refractivity contribution >= 4 is 38.9 Å². The standard InChI is InChI=1S/C14H17N3O3S/c1-7(5-11(15)18)17-14(19)13-12(16)9-4-3-8(20-2)6-10(9)21-13/h3-4,6-7H,5,16H2,1-2H3,(H2,15,18)(H,17,19). The van der Waals surface area contributed by atoms with Gasteiger partial charge in [-0.25, -0.2) is 0 Å². The second kappa shape index (κ2) is 6.01. The van der Waals surface area contributed by atoms with Gasteiger partial charge in [-0.05, 0) is 25.1 Å². The maximum Gasteiger partial charge on any atom is 0.263 e. The molecular formula is C14H17N3O3S. The number of nitrogens with one attached hydrogen (secondary N) is 1. The van der Waals surface area contributed by atoms with Gasteiger partial charge in [-0.1, -0.05) is 0 Å². The Kier molecular flexibility index (Phi) is 4.32. The topological polar surface area (TPSA) is 107 Å². The van der Waals surface area contributed by atoms with Gasteiger partial charge in [0.25, 0.3) is 5.91 Å². The maximum absolute atomic E-state index is 12.2. The van der Waals surface area contributed by atoms with Crippen molar-refractivity contribution in [1.29, 1.82) is 0 Å². The van der Waals surface area contributed by atoms with E-state index in [-0.39, 0.29) is 18.4 Å². The molecule has 0 saturated heterocycles. The molecule has 0 aliphatic heterocycles. The Morgan fingerprint density at radius 1 is 1.43 bits per heavy atom. The number of primary amides is 1. The predicted octanol–water partition coefficient (Wildman–Crippen LogP) is 1.49. The molecule has 0 spiro atoms. The third kappa shape index (κ3) is 3.25. The van der Waals surface area contributed by atoms with E-state index < -0.39 is 5.91 Å². The molecule has 112 valence electrons. The van der Waals surface area contributed by atoms with Crippen molar-refractivity contribution in [1.82, 2.24) is 5.32 Å². The van der Waals surface area contributed by atoms with E-state index in [0.717, 1.165) is 10.1 Å². The molecule has 0 fully saturated rings. The number of carbonyl (C=O) groups is 2. The van der Waals surface area contributed by atoms with E-state index in [1.54, 1.807) is 20.1 Å². The van der Waals surface area contributed by atoms with Crippen LogP contribution < -0.4 is 21.5 Å². The van der Waals surface area contributed by atoms with Crippen molar-refractivity contribution in [2.24, 2.45) is 5.73 Å². The van der Waals surface area contributed by atoms with Crippen molar-refractivity contribution in [2.45, 2.75) is 19.4 Å². The lowest BCUT2D eigenvalue weighted by atomic mass is 10.2. The average Bonchev–Trinajstić information content (AvgIpc) is 2.74. The smallest absolute Gasteiger partial charge is 0.263 e. The summed E-state index contributed by atoms with van der Waals surface area (Å²) in [6.45, 7) is 1.72. The SMILES string of the molecule is COc1ccc2c(N)c(C(=O)NC(C)CC(N)=O)sc2c1. The van der Waals surface area contributed by atoms with Gasteiger partial charge in [0.2, 0.25) is 5.91 Å². The minimum atomic E-state index is -0.461. The number of benzene rings is 1. The molecular weight excluding hydrogens is 290 g/mol. The zero-order chi connectivity index (χ0) is 15.6. The van der Waals surface area contributed by atoms with Gasteiger partial charge in [0.05, 0.1) is 12.8 Å². The maximum atomic E-state index is 12.2. The van der Waals surface area contributed by atoms with Crippen LogP contribution >= 0.6 is 11.3 Å². The van der Waals surface area contributed by atoms with Gasteiger partial charge >= 0.3 is 0 Å². The number of ether oxygens (including phenoxy) is 1. The summed E-state index contributed by atoms with van der Waals surface area (Å²) in [7, 11) is 1.58. The molecule has 0 radical (unpaired) electrons. The van der Waals surface area contributed by atoms with E-state index in [1.165, 1.54) is 11.3 Å². The molecule has 21 heavy (non-hydrogen) atoms. The molecule has 7 heteroatoms. The quantitative estimate of drug-likeness (QED) is 0.777. The normalized spacial score (nSPS) is 12.1. The summed E-state index contributed by atoms with van der Waals surface area (Å²) in [5.74, 6) is -0.0592. The zero-order valence-electron chi connectivity index (χ0n) is 11.8. The molecule has 2 amide bonds. The number of hydrogen-bond acceptors (Lipinski definition) is 5. The van der Waals surface area contributed by atoms with Gasteiger partial charge in [0, 0.05) is 22.5 Å². The molecule has 2 aromatic rings. The highest BCUT2D eigenvalue weighted by atomic mass is 32.1. The van der Waals surface area contributed by atoms with Gasteiger partial charge < -0.3 is 21.5 Å². The molecule has 0 bridgehead atoms. The van der Waals surface area contributed by atoms with E-state index in [0.29, 0.717) is 16.3 Å². The number of rotatable bonds is 5. The fraction of sp³-hybridized carbons (Fsp3) is 0.286. The van der Waals surface area contributed by atoms with Crippen molar-refractivity contribution in [3.8, 4) is 5.75 Å². The first-order valence-corrected chi connectivity index (χ1v) is 7.19. The molecule has 1 heterocycles. The number of fused-ring (bicyclic) bond motifs is 1. The molecule has 2 rings (SSSR count). The Labute approximate surface area is 126 Å². The molecule has 0 aliphatic carbocycles. The average molecular weight is 307 g/mol. The largest absolute Gasteiger partial charge is 0.497 e. The van der Waals surface area contributed by atoms with Crippen LogP contribution in [-0.4, -0.2) is 25.0 Å². The van der Waals surface area contributed by atoms with Crippen LogP contribution in [0.3, 0.4) is 0 Å². The number of nitrogen functional groups attached to an aromatic ring is 1. The summed E-state index contributed by atoms with van der Waals surface area (Å²) in [5, 5.41) is 3.53. The highest BCUT2D eigenvalue weighted by molar-refractivity contribution is 7.21. The van der Waals surface area contributed by atoms with Crippen LogP contribution in [0, 0.1) is 0 Å². The van der Waals surface area contributed by atoms with Gasteiger partial charge in [-0.2, -0.15) is 0 Å². The molecule has 1 unspecified atom stereocenters.